The van der Waals surface area contributed by atoms with E-state index in [1.165, 1.54) is 0 Å². The number of H-pyrrole nitrogens is 2. The molecule has 0 spiro atoms. The Hall–Kier alpha value is -2.64. The summed E-state index contributed by atoms with van der Waals surface area (Å²) in [6.45, 7) is 8.76. The molecule has 0 aromatic carbocycles. The summed E-state index contributed by atoms with van der Waals surface area (Å²) in [7, 11) is 0. The molecular weight excluding hydrogens is 318 g/mol. The number of hydrogen-bond acceptors (Lipinski definition) is 4. The third-order valence-electron chi connectivity index (χ3n) is 4.61. The minimum absolute atomic E-state index is 0.0449. The van der Waals surface area contributed by atoms with E-state index >= 15 is 0 Å². The maximum atomic E-state index is 12.7. The Labute approximate surface area is 144 Å². The minimum atomic E-state index is -0.0449. The molecule has 2 N–H and O–H groups in total. The van der Waals surface area contributed by atoms with Gasteiger partial charge >= 0.3 is 0 Å². The standard InChI is InChI=1S/C18H21N5O2/c1-13-21-16(11-14-12-20-17-15(14)3-2-4-19-17)18(24)23(13)6-5-22-7-9-25-10-8-22/h2-4,11-12,21H,1,5-10H2,(H,19,20)/b16-11-. The maximum absolute atomic E-state index is 12.7. The van der Waals surface area contributed by atoms with Gasteiger partial charge in [0.05, 0.1) is 13.2 Å². The minimum Gasteiger partial charge on any atom is -0.379 e. The van der Waals surface area contributed by atoms with Gasteiger partial charge in [-0.25, -0.2) is 4.98 Å². The molecule has 0 amide bonds. The lowest BCUT2D eigenvalue weighted by Crippen LogP contribution is -2.41. The SMILES string of the molecule is C=c1[nH]/c(=C\c2c[nH]c3ncccc23)c(=O)n1CCN1CCOCC1. The zero-order chi connectivity index (χ0) is 17.2. The van der Waals surface area contributed by atoms with Crippen molar-refractivity contribution in [3.63, 3.8) is 0 Å². The van der Waals surface area contributed by atoms with Gasteiger partial charge in [-0.1, -0.05) is 6.58 Å². The summed E-state index contributed by atoms with van der Waals surface area (Å²) >= 11 is 0. The second-order valence-corrected chi connectivity index (χ2v) is 6.18. The van der Waals surface area contributed by atoms with E-state index in [1.807, 2.05) is 24.4 Å². The molecule has 0 aliphatic carbocycles. The Kier molecular flexibility index (Phi) is 4.25. The van der Waals surface area contributed by atoms with E-state index in [1.54, 1.807) is 10.8 Å². The summed E-state index contributed by atoms with van der Waals surface area (Å²) in [5.74, 6) is 0. The Bertz CT molecular complexity index is 1040. The van der Waals surface area contributed by atoms with Gasteiger partial charge in [-0.05, 0) is 18.2 Å². The fraction of sp³-hybridized carbons (Fsp3) is 0.333. The smallest absolute Gasteiger partial charge is 0.275 e. The molecule has 4 rings (SSSR count). The zero-order valence-electron chi connectivity index (χ0n) is 14.0. The molecule has 0 saturated carbocycles. The highest BCUT2D eigenvalue weighted by Gasteiger charge is 2.11. The van der Waals surface area contributed by atoms with Crippen LogP contribution in [0.2, 0.25) is 0 Å². The third-order valence-corrected chi connectivity index (χ3v) is 4.61. The van der Waals surface area contributed by atoms with Crippen LogP contribution >= 0.6 is 0 Å². The van der Waals surface area contributed by atoms with Crippen LogP contribution in [0.15, 0.2) is 29.3 Å². The van der Waals surface area contributed by atoms with Crippen molar-refractivity contribution < 1.29 is 4.74 Å². The maximum Gasteiger partial charge on any atom is 0.275 e. The normalized spacial score (nSPS) is 16.7. The van der Waals surface area contributed by atoms with Crippen LogP contribution in [-0.4, -0.2) is 57.3 Å². The predicted octanol–water partition coefficient (Wildman–Crippen LogP) is -0.376. The van der Waals surface area contributed by atoms with Gasteiger partial charge in [0, 0.05) is 49.5 Å². The molecule has 7 heteroatoms. The summed E-state index contributed by atoms with van der Waals surface area (Å²) < 4.78 is 7.06. The molecule has 3 aromatic heterocycles. The van der Waals surface area contributed by atoms with Crippen LogP contribution < -0.4 is 16.4 Å². The molecule has 4 heterocycles. The number of aromatic amines is 2. The highest BCUT2D eigenvalue weighted by molar-refractivity contribution is 5.85. The van der Waals surface area contributed by atoms with Crippen molar-refractivity contribution in [2.24, 2.45) is 0 Å². The first-order chi connectivity index (χ1) is 12.2. The molecule has 7 nitrogen and oxygen atoms in total. The van der Waals surface area contributed by atoms with Crippen molar-refractivity contribution in [2.75, 3.05) is 32.8 Å². The van der Waals surface area contributed by atoms with Crippen molar-refractivity contribution in [1.82, 2.24) is 24.4 Å². The fourth-order valence-electron chi connectivity index (χ4n) is 3.20. The number of imidazole rings is 1. The number of fused-ring (bicyclic) bond motifs is 1. The van der Waals surface area contributed by atoms with Crippen molar-refractivity contribution in [2.45, 2.75) is 6.54 Å². The van der Waals surface area contributed by atoms with Gasteiger partial charge in [-0.15, -0.1) is 0 Å². The van der Waals surface area contributed by atoms with E-state index < -0.39 is 0 Å². The van der Waals surface area contributed by atoms with Gasteiger partial charge in [0.1, 0.15) is 16.5 Å². The van der Waals surface area contributed by atoms with Gasteiger partial charge in [-0.3, -0.25) is 14.3 Å². The van der Waals surface area contributed by atoms with Crippen LogP contribution in [0, 0.1) is 0 Å². The average Bonchev–Trinajstić information content (AvgIpc) is 3.16. The molecule has 0 radical (unpaired) electrons. The Balaban J connectivity index is 1.63. The average molecular weight is 339 g/mol. The van der Waals surface area contributed by atoms with Gasteiger partial charge in [0.2, 0.25) is 0 Å². The van der Waals surface area contributed by atoms with Gasteiger partial charge in [-0.2, -0.15) is 0 Å². The summed E-state index contributed by atoms with van der Waals surface area (Å²) in [6, 6.07) is 3.87. The van der Waals surface area contributed by atoms with Crippen LogP contribution in [0.3, 0.4) is 0 Å². The largest absolute Gasteiger partial charge is 0.379 e. The van der Waals surface area contributed by atoms with Crippen molar-refractivity contribution in [1.29, 1.82) is 0 Å². The molecular formula is C18H21N5O2. The van der Waals surface area contributed by atoms with E-state index in [4.69, 9.17) is 4.74 Å². The van der Waals surface area contributed by atoms with Crippen LogP contribution in [0.25, 0.3) is 23.7 Å². The van der Waals surface area contributed by atoms with E-state index in [2.05, 4.69) is 26.4 Å². The number of pyridine rings is 1. The van der Waals surface area contributed by atoms with E-state index in [0.29, 0.717) is 17.4 Å². The zero-order valence-corrected chi connectivity index (χ0v) is 14.0. The molecule has 1 fully saturated rings. The first kappa shape index (κ1) is 15.9. The molecule has 1 saturated heterocycles. The molecule has 1 aliphatic heterocycles. The second-order valence-electron chi connectivity index (χ2n) is 6.18. The molecule has 3 aromatic rings. The van der Waals surface area contributed by atoms with Crippen LogP contribution in [-0.2, 0) is 11.3 Å². The van der Waals surface area contributed by atoms with E-state index in [9.17, 15) is 4.79 Å². The quantitative estimate of drug-likeness (QED) is 0.679. The molecule has 130 valence electrons. The highest BCUT2D eigenvalue weighted by Crippen LogP contribution is 2.15. The monoisotopic (exact) mass is 339 g/mol. The third kappa shape index (κ3) is 3.16. The van der Waals surface area contributed by atoms with E-state index in [0.717, 1.165) is 49.4 Å². The van der Waals surface area contributed by atoms with Crippen molar-refractivity contribution >= 4 is 23.7 Å². The van der Waals surface area contributed by atoms with Gasteiger partial charge in [0.15, 0.2) is 0 Å². The summed E-state index contributed by atoms with van der Waals surface area (Å²) in [4.78, 5) is 25.5. The molecule has 1 aliphatic rings. The lowest BCUT2D eigenvalue weighted by Gasteiger charge is -2.26. The lowest BCUT2D eigenvalue weighted by atomic mass is 10.2. The number of ether oxygens (including phenoxy) is 1. The number of morpholine rings is 1. The van der Waals surface area contributed by atoms with Crippen LogP contribution in [0.4, 0.5) is 0 Å². The predicted molar refractivity (Wildman–Crippen MR) is 96.7 cm³/mol. The van der Waals surface area contributed by atoms with Crippen molar-refractivity contribution in [3.05, 3.63) is 51.3 Å². The molecule has 0 atom stereocenters. The van der Waals surface area contributed by atoms with Crippen LogP contribution in [0.5, 0.6) is 0 Å². The Morgan fingerprint density at radius 2 is 2.16 bits per heavy atom. The Morgan fingerprint density at radius 1 is 1.32 bits per heavy atom. The number of rotatable bonds is 4. The highest BCUT2D eigenvalue weighted by atomic mass is 16.5. The second kappa shape index (κ2) is 6.70. The summed E-state index contributed by atoms with van der Waals surface area (Å²) in [5, 5.41) is 1.53. The first-order valence-electron chi connectivity index (χ1n) is 8.44. The van der Waals surface area contributed by atoms with Crippen molar-refractivity contribution in [3.8, 4) is 0 Å². The summed E-state index contributed by atoms with van der Waals surface area (Å²) in [6.07, 6.45) is 5.45. The Morgan fingerprint density at radius 3 is 3.00 bits per heavy atom. The number of nitrogens with one attached hydrogen (secondary N) is 2. The topological polar surface area (TPSA) is 78.9 Å². The fourth-order valence-corrected chi connectivity index (χ4v) is 3.20. The number of aromatic nitrogens is 4. The van der Waals surface area contributed by atoms with Gasteiger partial charge < -0.3 is 14.7 Å². The van der Waals surface area contributed by atoms with Crippen LogP contribution in [0.1, 0.15) is 5.56 Å². The van der Waals surface area contributed by atoms with E-state index in [-0.39, 0.29) is 5.56 Å². The number of nitrogens with zero attached hydrogens (tertiary/aromatic N) is 3. The lowest BCUT2D eigenvalue weighted by molar-refractivity contribution is 0.0362. The van der Waals surface area contributed by atoms with Gasteiger partial charge in [0.25, 0.3) is 5.56 Å². The summed E-state index contributed by atoms with van der Waals surface area (Å²) in [5.41, 5.74) is 2.32. The number of hydrogen-bond donors (Lipinski definition) is 2. The molecule has 0 bridgehead atoms. The first-order valence-corrected chi connectivity index (χ1v) is 8.44. The molecule has 0 unspecified atom stereocenters. The molecule has 25 heavy (non-hydrogen) atoms.